The van der Waals surface area contributed by atoms with E-state index in [0.717, 1.165) is 6.92 Å². The summed E-state index contributed by atoms with van der Waals surface area (Å²) in [5.41, 5.74) is 5.78. The smallest absolute Gasteiger partial charge is 0.349 e. The third kappa shape index (κ3) is 3.60. The maximum atomic E-state index is 11.5. The van der Waals surface area contributed by atoms with Gasteiger partial charge in [-0.15, -0.1) is 0 Å². The fourth-order valence-electron chi connectivity index (χ4n) is 1.13. The quantitative estimate of drug-likeness (QED) is 0.355. The maximum absolute atomic E-state index is 11.5. The second kappa shape index (κ2) is 5.11. The second-order valence-corrected chi connectivity index (χ2v) is 3.23. The Bertz CT molecular complexity index is 481. The Labute approximate surface area is 97.3 Å². The fourth-order valence-corrected chi connectivity index (χ4v) is 1.13. The number of hydrogen-bond acceptors (Lipinski definition) is 6. The predicted molar refractivity (Wildman–Crippen MR) is 58.3 cm³/mol. The van der Waals surface area contributed by atoms with E-state index in [1.807, 2.05) is 0 Å². The van der Waals surface area contributed by atoms with Gasteiger partial charge < -0.3 is 15.2 Å². The second-order valence-electron chi connectivity index (χ2n) is 3.23. The molecule has 0 aromatic heterocycles. The van der Waals surface area contributed by atoms with Gasteiger partial charge in [-0.05, 0) is 12.1 Å². The molecule has 0 radical (unpaired) electrons. The lowest BCUT2D eigenvalue weighted by Crippen LogP contribution is -2.13. The van der Waals surface area contributed by atoms with E-state index in [9.17, 15) is 14.4 Å². The van der Waals surface area contributed by atoms with Gasteiger partial charge in [0.25, 0.3) is 0 Å². The van der Waals surface area contributed by atoms with Crippen LogP contribution >= 0.6 is 0 Å². The van der Waals surface area contributed by atoms with Gasteiger partial charge in [-0.25, -0.2) is 4.79 Å². The van der Waals surface area contributed by atoms with Crippen molar-refractivity contribution in [3.63, 3.8) is 0 Å². The van der Waals surface area contributed by atoms with Crippen molar-refractivity contribution in [1.82, 2.24) is 0 Å². The van der Waals surface area contributed by atoms with E-state index in [2.05, 4.69) is 4.74 Å². The molecule has 0 aliphatic heterocycles. The molecule has 6 nitrogen and oxygen atoms in total. The van der Waals surface area contributed by atoms with Crippen LogP contribution in [0, 0.1) is 0 Å². The van der Waals surface area contributed by atoms with E-state index in [1.54, 1.807) is 0 Å². The summed E-state index contributed by atoms with van der Waals surface area (Å²) in [5.74, 6) is -2.29. The number of carbonyl (C=O) groups is 3. The van der Waals surface area contributed by atoms with Crippen molar-refractivity contribution < 1.29 is 23.9 Å². The Kier molecular flexibility index (Phi) is 3.82. The zero-order valence-corrected chi connectivity index (χ0v) is 9.35. The van der Waals surface area contributed by atoms with Crippen LogP contribution in [0.4, 0.5) is 5.69 Å². The summed E-state index contributed by atoms with van der Waals surface area (Å²) in [6.07, 6.45) is 0. The van der Waals surface area contributed by atoms with E-state index in [4.69, 9.17) is 10.5 Å². The molecule has 0 heterocycles. The number of anilines is 1. The number of ether oxygens (including phenoxy) is 2. The third-order valence-electron chi connectivity index (χ3n) is 1.72. The Morgan fingerprint density at radius 1 is 1.12 bits per heavy atom. The Hall–Kier alpha value is -2.37. The molecule has 0 atom stereocenters. The van der Waals surface area contributed by atoms with Crippen LogP contribution in [0.15, 0.2) is 18.2 Å². The average Bonchev–Trinajstić information content (AvgIpc) is 2.15. The highest BCUT2D eigenvalue weighted by Gasteiger charge is 2.17. The number of hydrogen-bond donors (Lipinski definition) is 1. The minimum atomic E-state index is -0.895. The van der Waals surface area contributed by atoms with Gasteiger partial charge in [0.05, 0.1) is 0 Å². The van der Waals surface area contributed by atoms with Crippen LogP contribution in [0.5, 0.6) is 5.75 Å². The third-order valence-corrected chi connectivity index (χ3v) is 1.72. The van der Waals surface area contributed by atoms with Crippen molar-refractivity contribution in [3.05, 3.63) is 23.8 Å². The van der Waals surface area contributed by atoms with Crippen molar-refractivity contribution in [2.75, 3.05) is 5.73 Å². The van der Waals surface area contributed by atoms with Crippen molar-refractivity contribution in [2.24, 2.45) is 0 Å². The summed E-state index contributed by atoms with van der Waals surface area (Å²) in [5, 5.41) is 0. The number of benzene rings is 1. The summed E-state index contributed by atoms with van der Waals surface area (Å²) in [7, 11) is 0. The first-order chi connectivity index (χ1) is 7.90. The topological polar surface area (TPSA) is 95.7 Å². The summed E-state index contributed by atoms with van der Waals surface area (Å²) in [4.78, 5) is 33.0. The monoisotopic (exact) mass is 237 g/mol. The van der Waals surface area contributed by atoms with Crippen LogP contribution in [0.2, 0.25) is 0 Å². The van der Waals surface area contributed by atoms with Gasteiger partial charge in [-0.3, -0.25) is 9.59 Å². The Morgan fingerprint density at radius 3 is 2.29 bits per heavy atom. The van der Waals surface area contributed by atoms with Gasteiger partial charge in [0.1, 0.15) is 11.3 Å². The highest BCUT2D eigenvalue weighted by Crippen LogP contribution is 2.23. The SMILES string of the molecule is CC(=O)OC(=O)c1ccc(N)cc1OC(C)=O. The largest absolute Gasteiger partial charge is 0.426 e. The first kappa shape index (κ1) is 12.7. The van der Waals surface area contributed by atoms with E-state index < -0.39 is 17.9 Å². The van der Waals surface area contributed by atoms with Gasteiger partial charge in [0.2, 0.25) is 0 Å². The van der Waals surface area contributed by atoms with E-state index in [-0.39, 0.29) is 11.3 Å². The van der Waals surface area contributed by atoms with E-state index in [0.29, 0.717) is 5.69 Å². The minimum Gasteiger partial charge on any atom is -0.426 e. The maximum Gasteiger partial charge on any atom is 0.349 e. The molecule has 0 fully saturated rings. The van der Waals surface area contributed by atoms with Crippen LogP contribution in [0.3, 0.4) is 0 Å². The standard InChI is InChI=1S/C11H11NO5/c1-6(13)16-10-5-8(12)3-4-9(10)11(15)17-7(2)14/h3-5H,12H2,1-2H3. The highest BCUT2D eigenvalue weighted by atomic mass is 16.6. The highest BCUT2D eigenvalue weighted by molar-refractivity contribution is 5.99. The van der Waals surface area contributed by atoms with Crippen LogP contribution in [0.1, 0.15) is 24.2 Å². The Morgan fingerprint density at radius 2 is 1.76 bits per heavy atom. The molecule has 1 aromatic carbocycles. The normalized spacial score (nSPS) is 9.53. The first-order valence-electron chi connectivity index (χ1n) is 4.71. The lowest BCUT2D eigenvalue weighted by molar-refractivity contribution is -0.135. The zero-order chi connectivity index (χ0) is 13.0. The molecular formula is C11H11NO5. The molecule has 0 saturated heterocycles. The molecule has 6 heteroatoms. The average molecular weight is 237 g/mol. The van der Waals surface area contributed by atoms with Gasteiger partial charge in [-0.2, -0.15) is 0 Å². The van der Waals surface area contributed by atoms with Crippen LogP contribution < -0.4 is 10.5 Å². The fraction of sp³-hybridized carbons (Fsp3) is 0.182. The van der Waals surface area contributed by atoms with Crippen molar-refractivity contribution >= 4 is 23.6 Å². The molecule has 90 valence electrons. The van der Waals surface area contributed by atoms with E-state index >= 15 is 0 Å². The molecule has 0 saturated carbocycles. The molecule has 0 aliphatic rings. The van der Waals surface area contributed by atoms with Crippen LogP contribution in [0.25, 0.3) is 0 Å². The summed E-state index contributed by atoms with van der Waals surface area (Å²) < 4.78 is 9.19. The van der Waals surface area contributed by atoms with Gasteiger partial charge in [0, 0.05) is 25.6 Å². The number of esters is 3. The number of carbonyl (C=O) groups excluding carboxylic acids is 3. The van der Waals surface area contributed by atoms with Gasteiger partial charge >= 0.3 is 17.9 Å². The summed E-state index contributed by atoms with van der Waals surface area (Å²) >= 11 is 0. The van der Waals surface area contributed by atoms with Crippen LogP contribution in [-0.4, -0.2) is 17.9 Å². The molecule has 0 aliphatic carbocycles. The molecule has 2 N–H and O–H groups in total. The number of nitrogens with two attached hydrogens (primary N) is 1. The Balaban J connectivity index is 3.09. The van der Waals surface area contributed by atoms with Gasteiger partial charge in [-0.1, -0.05) is 0 Å². The summed E-state index contributed by atoms with van der Waals surface area (Å²) in [6.45, 7) is 2.28. The van der Waals surface area contributed by atoms with Crippen molar-refractivity contribution in [3.8, 4) is 5.75 Å². The lowest BCUT2D eigenvalue weighted by Gasteiger charge is -2.08. The van der Waals surface area contributed by atoms with Crippen LogP contribution in [-0.2, 0) is 14.3 Å². The number of nitrogen functional groups attached to an aromatic ring is 1. The molecule has 0 spiro atoms. The molecule has 0 amide bonds. The van der Waals surface area contributed by atoms with E-state index in [1.165, 1.54) is 25.1 Å². The first-order valence-corrected chi connectivity index (χ1v) is 4.71. The molecular weight excluding hydrogens is 226 g/mol. The van der Waals surface area contributed by atoms with Crippen molar-refractivity contribution in [1.29, 1.82) is 0 Å². The molecule has 1 rings (SSSR count). The molecule has 0 bridgehead atoms. The summed E-state index contributed by atoms with van der Waals surface area (Å²) in [6, 6.07) is 4.06. The zero-order valence-electron chi connectivity index (χ0n) is 9.35. The molecule has 17 heavy (non-hydrogen) atoms. The predicted octanol–water partition coefficient (Wildman–Crippen LogP) is 0.897. The van der Waals surface area contributed by atoms with Crippen molar-refractivity contribution in [2.45, 2.75) is 13.8 Å². The minimum absolute atomic E-state index is 0.0374. The number of rotatable bonds is 2. The lowest BCUT2D eigenvalue weighted by atomic mass is 10.2. The molecule has 1 aromatic rings. The van der Waals surface area contributed by atoms with Gasteiger partial charge in [0.15, 0.2) is 0 Å². The molecule has 0 unspecified atom stereocenters.